The van der Waals surface area contributed by atoms with Gasteiger partial charge in [-0.3, -0.25) is 19.2 Å². The zero-order valence-electron chi connectivity index (χ0n) is 11.4. The molecule has 0 saturated carbocycles. The van der Waals surface area contributed by atoms with Crippen LogP contribution in [0.2, 0.25) is 0 Å². The average molecular weight is 290 g/mol. The van der Waals surface area contributed by atoms with Gasteiger partial charge in [0.15, 0.2) is 0 Å². The van der Waals surface area contributed by atoms with Gasteiger partial charge in [-0.15, -0.1) is 0 Å². The molecule has 0 heterocycles. The maximum atomic E-state index is 11.4. The minimum atomic E-state index is -1.63. The molecule has 0 spiro atoms. The van der Waals surface area contributed by atoms with Crippen molar-refractivity contribution in [3.63, 3.8) is 0 Å². The zero-order valence-corrected chi connectivity index (χ0v) is 11.4. The Labute approximate surface area is 115 Å². The minimum Gasteiger partial charge on any atom is -0.481 e. The summed E-state index contributed by atoms with van der Waals surface area (Å²) in [6.07, 6.45) is -0.255. The second-order valence-electron chi connectivity index (χ2n) is 4.39. The van der Waals surface area contributed by atoms with Gasteiger partial charge < -0.3 is 19.7 Å². The third-order valence-electron chi connectivity index (χ3n) is 2.60. The van der Waals surface area contributed by atoms with Crippen molar-refractivity contribution in [1.29, 1.82) is 0 Å². The van der Waals surface area contributed by atoms with Gasteiger partial charge in [-0.05, 0) is 12.8 Å². The predicted octanol–water partition coefficient (Wildman–Crippen LogP) is 0.438. The number of carbonyl (C=O) groups is 4. The Hall–Kier alpha value is -2.12. The number of hydrogen-bond acceptors (Lipinski definition) is 6. The lowest BCUT2D eigenvalue weighted by molar-refractivity contribution is -0.167. The molecule has 2 N–H and O–H groups in total. The summed E-state index contributed by atoms with van der Waals surface area (Å²) in [6, 6.07) is 0. The summed E-state index contributed by atoms with van der Waals surface area (Å²) in [5.74, 6) is -3.72. The number of rotatable bonds is 9. The second-order valence-corrected chi connectivity index (χ2v) is 4.39. The van der Waals surface area contributed by atoms with Crippen LogP contribution < -0.4 is 0 Å². The maximum Gasteiger partial charge on any atom is 0.316 e. The summed E-state index contributed by atoms with van der Waals surface area (Å²) in [7, 11) is 0. The van der Waals surface area contributed by atoms with E-state index in [-0.39, 0.29) is 19.3 Å². The fraction of sp³-hybridized carbons (Fsp3) is 0.667. The van der Waals surface area contributed by atoms with Gasteiger partial charge in [0.1, 0.15) is 18.6 Å². The van der Waals surface area contributed by atoms with E-state index in [1.807, 2.05) is 0 Å². The van der Waals surface area contributed by atoms with E-state index >= 15 is 0 Å². The Balaban J connectivity index is 4.89. The molecule has 0 fully saturated rings. The number of carboxylic acids is 2. The molecule has 8 heteroatoms. The Kier molecular flexibility index (Phi) is 7.27. The molecule has 0 aromatic heterocycles. The van der Waals surface area contributed by atoms with Crippen LogP contribution in [-0.2, 0) is 28.7 Å². The van der Waals surface area contributed by atoms with E-state index in [0.29, 0.717) is 0 Å². The fourth-order valence-corrected chi connectivity index (χ4v) is 1.47. The van der Waals surface area contributed by atoms with E-state index in [1.54, 1.807) is 0 Å². The van der Waals surface area contributed by atoms with Crippen molar-refractivity contribution in [3.8, 4) is 0 Å². The van der Waals surface area contributed by atoms with Crippen molar-refractivity contribution >= 4 is 23.9 Å². The molecule has 0 aromatic rings. The topological polar surface area (TPSA) is 127 Å². The van der Waals surface area contributed by atoms with Crippen LogP contribution >= 0.6 is 0 Å². The molecule has 0 aliphatic rings. The normalized spacial score (nSPS) is 10.7. The molecule has 114 valence electrons. The van der Waals surface area contributed by atoms with Gasteiger partial charge in [0.05, 0.1) is 0 Å². The van der Waals surface area contributed by atoms with Crippen LogP contribution in [0.1, 0.15) is 33.1 Å². The quantitative estimate of drug-likeness (QED) is 0.585. The van der Waals surface area contributed by atoms with Crippen molar-refractivity contribution in [2.75, 3.05) is 13.2 Å². The Morgan fingerprint density at radius 1 is 0.950 bits per heavy atom. The zero-order chi connectivity index (χ0) is 15.8. The van der Waals surface area contributed by atoms with Crippen LogP contribution in [0, 0.1) is 5.41 Å². The SMILES string of the molecule is CC(=O)OCC(CCCC(=O)O)(COC(C)=O)C(=O)O. The summed E-state index contributed by atoms with van der Waals surface area (Å²) in [5.41, 5.74) is -1.63. The van der Waals surface area contributed by atoms with Gasteiger partial charge in [-0.1, -0.05) is 0 Å². The second kappa shape index (κ2) is 8.13. The monoisotopic (exact) mass is 290 g/mol. The smallest absolute Gasteiger partial charge is 0.316 e. The van der Waals surface area contributed by atoms with Crippen LogP contribution in [-0.4, -0.2) is 47.3 Å². The van der Waals surface area contributed by atoms with Gasteiger partial charge in [-0.25, -0.2) is 0 Å². The fourth-order valence-electron chi connectivity index (χ4n) is 1.47. The predicted molar refractivity (Wildman–Crippen MR) is 64.8 cm³/mol. The summed E-state index contributed by atoms with van der Waals surface area (Å²) >= 11 is 0. The Morgan fingerprint density at radius 3 is 1.70 bits per heavy atom. The highest BCUT2D eigenvalue weighted by Gasteiger charge is 2.41. The number of esters is 2. The standard InChI is InChI=1S/C12H18O8/c1-8(13)19-6-12(11(17)18,7-20-9(2)14)5-3-4-10(15)16/h3-7H2,1-2H3,(H,15,16)(H,17,18). The summed E-state index contributed by atoms with van der Waals surface area (Å²) < 4.78 is 9.40. The summed E-state index contributed by atoms with van der Waals surface area (Å²) in [4.78, 5) is 43.5. The van der Waals surface area contributed by atoms with E-state index in [0.717, 1.165) is 13.8 Å². The van der Waals surface area contributed by atoms with E-state index < -0.39 is 42.5 Å². The molecule has 0 aliphatic heterocycles. The van der Waals surface area contributed by atoms with Gasteiger partial charge >= 0.3 is 23.9 Å². The van der Waals surface area contributed by atoms with Crippen LogP contribution in [0.25, 0.3) is 0 Å². The molecule has 0 radical (unpaired) electrons. The number of ether oxygens (including phenoxy) is 2. The van der Waals surface area contributed by atoms with Crippen molar-refractivity contribution < 1.29 is 38.9 Å². The van der Waals surface area contributed by atoms with E-state index in [4.69, 9.17) is 14.6 Å². The van der Waals surface area contributed by atoms with Crippen molar-refractivity contribution in [2.45, 2.75) is 33.1 Å². The van der Waals surface area contributed by atoms with E-state index in [1.165, 1.54) is 0 Å². The number of carbonyl (C=O) groups excluding carboxylic acids is 2. The van der Waals surface area contributed by atoms with Crippen molar-refractivity contribution in [3.05, 3.63) is 0 Å². The third kappa shape index (κ3) is 6.72. The lowest BCUT2D eigenvalue weighted by atomic mass is 9.84. The van der Waals surface area contributed by atoms with E-state index in [2.05, 4.69) is 0 Å². The Morgan fingerprint density at radius 2 is 1.40 bits per heavy atom. The lowest BCUT2D eigenvalue weighted by Crippen LogP contribution is -2.41. The molecule has 0 amide bonds. The number of carboxylic acid groups (broad SMARTS) is 2. The largest absolute Gasteiger partial charge is 0.481 e. The molecule has 0 bridgehead atoms. The van der Waals surface area contributed by atoms with Crippen LogP contribution in [0.3, 0.4) is 0 Å². The van der Waals surface area contributed by atoms with Crippen LogP contribution in [0.15, 0.2) is 0 Å². The highest BCUT2D eigenvalue weighted by Crippen LogP contribution is 2.27. The van der Waals surface area contributed by atoms with Gasteiger partial charge in [0.25, 0.3) is 0 Å². The molecule has 0 rings (SSSR count). The molecule has 0 saturated heterocycles. The molecule has 0 atom stereocenters. The lowest BCUT2D eigenvalue weighted by Gasteiger charge is -2.27. The molecule has 20 heavy (non-hydrogen) atoms. The first-order chi connectivity index (χ1) is 9.19. The highest BCUT2D eigenvalue weighted by molar-refractivity contribution is 5.76. The van der Waals surface area contributed by atoms with Gasteiger partial charge in [0, 0.05) is 20.3 Å². The van der Waals surface area contributed by atoms with E-state index in [9.17, 15) is 24.3 Å². The molecule has 0 unspecified atom stereocenters. The molecule has 0 aliphatic carbocycles. The number of aliphatic carboxylic acids is 2. The molecule has 8 nitrogen and oxygen atoms in total. The maximum absolute atomic E-state index is 11.4. The third-order valence-corrected chi connectivity index (χ3v) is 2.60. The molecular formula is C12H18O8. The summed E-state index contributed by atoms with van der Waals surface area (Å²) in [5, 5.41) is 17.9. The molecular weight excluding hydrogens is 272 g/mol. The first kappa shape index (κ1) is 17.9. The number of hydrogen-bond donors (Lipinski definition) is 2. The van der Waals surface area contributed by atoms with Crippen LogP contribution in [0.4, 0.5) is 0 Å². The molecule has 0 aromatic carbocycles. The first-order valence-corrected chi connectivity index (χ1v) is 5.91. The first-order valence-electron chi connectivity index (χ1n) is 5.91. The van der Waals surface area contributed by atoms with Gasteiger partial charge in [0.2, 0.25) is 0 Å². The van der Waals surface area contributed by atoms with Gasteiger partial charge in [-0.2, -0.15) is 0 Å². The van der Waals surface area contributed by atoms with Crippen molar-refractivity contribution in [2.24, 2.45) is 5.41 Å². The van der Waals surface area contributed by atoms with Crippen molar-refractivity contribution in [1.82, 2.24) is 0 Å². The highest BCUT2D eigenvalue weighted by atomic mass is 16.5. The summed E-state index contributed by atoms with van der Waals surface area (Å²) in [6.45, 7) is 1.28. The minimum absolute atomic E-state index is 0.0597. The Bertz CT molecular complexity index is 369. The average Bonchev–Trinajstić information content (AvgIpc) is 2.31. The van der Waals surface area contributed by atoms with Crippen LogP contribution in [0.5, 0.6) is 0 Å².